The van der Waals surface area contributed by atoms with Crippen LogP contribution in [0.5, 0.6) is 11.5 Å². The van der Waals surface area contributed by atoms with Gasteiger partial charge in [-0.3, -0.25) is 0 Å². The van der Waals surface area contributed by atoms with E-state index < -0.39 is 0 Å². The molecule has 1 atom stereocenters. The Bertz CT molecular complexity index is 953. The third kappa shape index (κ3) is 4.07. The Labute approximate surface area is 185 Å². The minimum Gasteiger partial charge on any atom is -0.454 e. The highest BCUT2D eigenvalue weighted by Crippen LogP contribution is 2.45. The molecule has 3 aromatic rings. The van der Waals surface area contributed by atoms with Crippen LogP contribution < -0.4 is 14.8 Å². The van der Waals surface area contributed by atoms with Crippen molar-refractivity contribution in [2.75, 3.05) is 13.3 Å². The fourth-order valence-electron chi connectivity index (χ4n) is 5.25. The van der Waals surface area contributed by atoms with Gasteiger partial charge in [0.2, 0.25) is 6.79 Å². The third-order valence-electron chi connectivity index (χ3n) is 7.17. The Morgan fingerprint density at radius 1 is 0.839 bits per heavy atom. The second-order valence-corrected chi connectivity index (χ2v) is 9.01. The van der Waals surface area contributed by atoms with E-state index in [1.807, 2.05) is 6.07 Å². The van der Waals surface area contributed by atoms with Crippen LogP contribution in [0.4, 0.5) is 0 Å². The third-order valence-corrected chi connectivity index (χ3v) is 7.17. The average Bonchev–Trinajstić information content (AvgIpc) is 3.32. The molecule has 1 N–H and O–H groups in total. The number of ether oxygens (including phenoxy) is 2. The second kappa shape index (κ2) is 8.76. The monoisotopic (exact) mass is 413 g/mol. The average molecular weight is 414 g/mol. The van der Waals surface area contributed by atoms with Gasteiger partial charge in [-0.1, -0.05) is 73.7 Å². The summed E-state index contributed by atoms with van der Waals surface area (Å²) < 4.78 is 11.0. The van der Waals surface area contributed by atoms with Crippen LogP contribution in [0.25, 0.3) is 0 Å². The lowest BCUT2D eigenvalue weighted by molar-refractivity contribution is 0.174. The van der Waals surface area contributed by atoms with Crippen LogP contribution in [0.15, 0.2) is 78.9 Å². The molecule has 0 spiro atoms. The lowest BCUT2D eigenvalue weighted by Crippen LogP contribution is -2.41. The lowest BCUT2D eigenvalue weighted by Gasteiger charge is -2.42. The van der Waals surface area contributed by atoms with Crippen LogP contribution in [-0.2, 0) is 5.41 Å². The number of hydrogen-bond donors (Lipinski definition) is 1. The van der Waals surface area contributed by atoms with E-state index in [1.165, 1.54) is 42.4 Å². The van der Waals surface area contributed by atoms with E-state index in [9.17, 15) is 0 Å². The van der Waals surface area contributed by atoms with Crippen LogP contribution in [0, 0.1) is 0 Å². The first-order chi connectivity index (χ1) is 15.2. The topological polar surface area (TPSA) is 30.5 Å². The van der Waals surface area contributed by atoms with Gasteiger partial charge in [0.05, 0.1) is 0 Å². The fourth-order valence-corrected chi connectivity index (χ4v) is 5.25. The number of nitrogens with one attached hydrogen (secondary N) is 1. The molecule has 0 bridgehead atoms. The molecule has 3 aromatic carbocycles. The van der Waals surface area contributed by atoms with Gasteiger partial charge in [0.15, 0.2) is 11.5 Å². The van der Waals surface area contributed by atoms with Crippen LogP contribution >= 0.6 is 0 Å². The highest BCUT2D eigenvalue weighted by atomic mass is 16.7. The second-order valence-electron chi connectivity index (χ2n) is 9.01. The molecule has 1 aliphatic carbocycles. The van der Waals surface area contributed by atoms with E-state index in [2.05, 4.69) is 85.0 Å². The molecular weight excluding hydrogens is 382 g/mol. The van der Waals surface area contributed by atoms with E-state index in [0.717, 1.165) is 18.0 Å². The molecule has 1 aliphatic heterocycles. The molecular formula is C28H31NO2. The summed E-state index contributed by atoms with van der Waals surface area (Å²) in [5.41, 5.74) is 4.33. The molecule has 1 saturated carbocycles. The summed E-state index contributed by atoms with van der Waals surface area (Å²) in [6.07, 6.45) is 4.74. The van der Waals surface area contributed by atoms with Crippen molar-refractivity contribution in [2.45, 2.75) is 50.0 Å². The number of benzene rings is 3. The molecule has 3 nitrogen and oxygen atoms in total. The van der Waals surface area contributed by atoms with Crippen molar-refractivity contribution in [3.05, 3.63) is 95.6 Å². The predicted octanol–water partition coefficient (Wildman–Crippen LogP) is 6.04. The van der Waals surface area contributed by atoms with Gasteiger partial charge in [-0.2, -0.15) is 0 Å². The van der Waals surface area contributed by atoms with Crippen LogP contribution in [0.2, 0.25) is 0 Å². The van der Waals surface area contributed by atoms with Crippen molar-refractivity contribution in [2.24, 2.45) is 0 Å². The normalized spacial score (nSPS) is 18.6. The van der Waals surface area contributed by atoms with Gasteiger partial charge in [0.1, 0.15) is 0 Å². The first-order valence-corrected chi connectivity index (χ1v) is 11.5. The molecule has 1 fully saturated rings. The van der Waals surface area contributed by atoms with Crippen LogP contribution in [0.1, 0.15) is 55.2 Å². The van der Waals surface area contributed by atoms with Gasteiger partial charge in [0.25, 0.3) is 0 Å². The lowest BCUT2D eigenvalue weighted by atomic mass is 9.64. The van der Waals surface area contributed by atoms with Crippen molar-refractivity contribution >= 4 is 0 Å². The summed E-state index contributed by atoms with van der Waals surface area (Å²) in [6, 6.07) is 29.1. The minimum atomic E-state index is 0.129. The van der Waals surface area contributed by atoms with Gasteiger partial charge >= 0.3 is 0 Å². The standard InChI is InChI=1S/C28H31NO2/c1-21(22-12-13-26-27(18-22)31-20-30-26)19-29-25-14-16-28(17-15-25,23-8-4-2-5-9-23)24-10-6-3-7-11-24/h2-13,18,21,25,29H,14-17,19-20H2,1H3. The van der Waals surface area contributed by atoms with Crippen LogP contribution in [0.3, 0.4) is 0 Å². The first-order valence-electron chi connectivity index (χ1n) is 11.5. The molecule has 31 heavy (non-hydrogen) atoms. The van der Waals surface area contributed by atoms with Crippen molar-refractivity contribution < 1.29 is 9.47 Å². The number of rotatable bonds is 6. The van der Waals surface area contributed by atoms with Gasteiger partial charge in [-0.05, 0) is 60.4 Å². The Balaban J connectivity index is 1.24. The molecule has 1 unspecified atom stereocenters. The SMILES string of the molecule is CC(CNC1CCC(c2ccccc2)(c2ccccc2)CC1)c1ccc2c(c1)OCO2. The van der Waals surface area contributed by atoms with Crippen molar-refractivity contribution in [3.63, 3.8) is 0 Å². The van der Waals surface area contributed by atoms with E-state index >= 15 is 0 Å². The fraction of sp³-hybridized carbons (Fsp3) is 0.357. The number of hydrogen-bond acceptors (Lipinski definition) is 3. The molecule has 3 heteroatoms. The van der Waals surface area contributed by atoms with E-state index in [-0.39, 0.29) is 5.41 Å². The van der Waals surface area contributed by atoms with Crippen molar-refractivity contribution in [1.29, 1.82) is 0 Å². The highest BCUT2D eigenvalue weighted by Gasteiger charge is 2.38. The van der Waals surface area contributed by atoms with Crippen molar-refractivity contribution in [3.8, 4) is 11.5 Å². The summed E-state index contributed by atoms with van der Waals surface area (Å²) in [5.74, 6) is 2.16. The summed E-state index contributed by atoms with van der Waals surface area (Å²) in [7, 11) is 0. The molecule has 0 radical (unpaired) electrons. The molecule has 2 aliphatic rings. The van der Waals surface area contributed by atoms with Gasteiger partial charge < -0.3 is 14.8 Å². The van der Waals surface area contributed by atoms with E-state index in [1.54, 1.807) is 0 Å². The Morgan fingerprint density at radius 3 is 2.10 bits per heavy atom. The molecule has 0 amide bonds. The maximum absolute atomic E-state index is 5.55. The smallest absolute Gasteiger partial charge is 0.231 e. The van der Waals surface area contributed by atoms with Gasteiger partial charge in [-0.15, -0.1) is 0 Å². The maximum atomic E-state index is 5.55. The zero-order valence-electron chi connectivity index (χ0n) is 18.2. The molecule has 160 valence electrons. The zero-order valence-corrected chi connectivity index (χ0v) is 18.2. The maximum Gasteiger partial charge on any atom is 0.231 e. The van der Waals surface area contributed by atoms with Crippen molar-refractivity contribution in [1.82, 2.24) is 5.32 Å². The molecule has 0 saturated heterocycles. The summed E-state index contributed by atoms with van der Waals surface area (Å²) in [6.45, 7) is 3.59. The Morgan fingerprint density at radius 2 is 1.45 bits per heavy atom. The summed E-state index contributed by atoms with van der Waals surface area (Å²) >= 11 is 0. The predicted molar refractivity (Wildman–Crippen MR) is 125 cm³/mol. The summed E-state index contributed by atoms with van der Waals surface area (Å²) in [5, 5.41) is 3.86. The Hall–Kier alpha value is -2.78. The largest absolute Gasteiger partial charge is 0.454 e. The highest BCUT2D eigenvalue weighted by molar-refractivity contribution is 5.45. The molecule has 1 heterocycles. The van der Waals surface area contributed by atoms with Gasteiger partial charge in [0, 0.05) is 18.0 Å². The summed E-state index contributed by atoms with van der Waals surface area (Å²) in [4.78, 5) is 0. The van der Waals surface area contributed by atoms with E-state index in [4.69, 9.17) is 9.47 Å². The number of fused-ring (bicyclic) bond motifs is 1. The molecule has 0 aromatic heterocycles. The first kappa shape index (κ1) is 20.1. The zero-order chi connectivity index (χ0) is 21.1. The van der Waals surface area contributed by atoms with E-state index in [0.29, 0.717) is 18.8 Å². The van der Waals surface area contributed by atoms with Crippen LogP contribution in [-0.4, -0.2) is 19.4 Å². The van der Waals surface area contributed by atoms with Gasteiger partial charge in [-0.25, -0.2) is 0 Å². The minimum absolute atomic E-state index is 0.129. The quantitative estimate of drug-likeness (QED) is 0.535. The Kier molecular flexibility index (Phi) is 5.69. The molecule has 5 rings (SSSR count).